The molecule has 15 heavy (non-hydrogen) atoms. The fraction of sp³-hybridized carbons (Fsp3) is 0.500. The second-order valence-electron chi connectivity index (χ2n) is 3.07. The van der Waals surface area contributed by atoms with E-state index in [-0.39, 0.29) is 6.61 Å². The molecule has 0 radical (unpaired) electrons. The molecule has 2 N–H and O–H groups in total. The number of aromatic hydroxyl groups is 1. The minimum Gasteiger partial charge on any atom is -0.492 e. The average molecular weight is 218 g/mol. The molecule has 7 heteroatoms. The van der Waals surface area contributed by atoms with E-state index in [4.69, 9.17) is 4.74 Å². The Labute approximate surface area is 83.9 Å². The number of rotatable bonds is 3. The molecule has 1 heterocycles. The van der Waals surface area contributed by atoms with Crippen LogP contribution in [0.4, 0.5) is 4.39 Å². The molecule has 1 aromatic rings. The average Bonchev–Trinajstić information content (AvgIpc) is 2.15. The molecule has 0 aromatic carbocycles. The van der Waals surface area contributed by atoms with Crippen molar-refractivity contribution in [1.29, 1.82) is 0 Å². The van der Waals surface area contributed by atoms with Gasteiger partial charge in [-0.05, 0) is 6.92 Å². The molecule has 84 valence electrons. The van der Waals surface area contributed by atoms with Crippen LogP contribution in [0.25, 0.3) is 0 Å². The van der Waals surface area contributed by atoms with E-state index in [2.05, 4.69) is 0 Å². The molecule has 0 aliphatic carbocycles. The first-order valence-electron chi connectivity index (χ1n) is 4.21. The molecular formula is C8H11FN2O4. The van der Waals surface area contributed by atoms with E-state index in [0.717, 1.165) is 4.57 Å². The number of H-pyrrole nitrogens is 1. The summed E-state index contributed by atoms with van der Waals surface area (Å²) in [5.74, 6) is -2.36. The first-order valence-corrected chi connectivity index (χ1v) is 4.21. The number of halogens is 1. The fourth-order valence-corrected chi connectivity index (χ4v) is 1.24. The maximum atomic E-state index is 13.0. The molecule has 0 saturated heterocycles. The number of hydrogen-bond acceptors (Lipinski definition) is 4. The summed E-state index contributed by atoms with van der Waals surface area (Å²) in [6, 6.07) is -0.575. The summed E-state index contributed by atoms with van der Waals surface area (Å²) in [4.78, 5) is 23.8. The zero-order valence-electron chi connectivity index (χ0n) is 8.28. The zero-order chi connectivity index (χ0) is 11.6. The lowest BCUT2D eigenvalue weighted by Crippen LogP contribution is -2.34. The fourth-order valence-electron chi connectivity index (χ4n) is 1.24. The Morgan fingerprint density at radius 1 is 1.60 bits per heavy atom. The number of aromatic nitrogens is 2. The molecule has 0 aliphatic rings. The molecule has 0 saturated carbocycles. The van der Waals surface area contributed by atoms with Gasteiger partial charge >= 0.3 is 5.69 Å². The lowest BCUT2D eigenvalue weighted by atomic mass is 10.3. The van der Waals surface area contributed by atoms with Crippen LogP contribution < -0.4 is 11.2 Å². The van der Waals surface area contributed by atoms with Crippen LogP contribution in [0.3, 0.4) is 0 Å². The van der Waals surface area contributed by atoms with Crippen LogP contribution in [0.1, 0.15) is 13.0 Å². The lowest BCUT2D eigenvalue weighted by Gasteiger charge is -2.14. The summed E-state index contributed by atoms with van der Waals surface area (Å²) in [6.07, 6.45) is 0. The minimum absolute atomic E-state index is 0.110. The van der Waals surface area contributed by atoms with Crippen molar-refractivity contribution in [2.24, 2.45) is 0 Å². The molecule has 0 bridgehead atoms. The third-order valence-electron chi connectivity index (χ3n) is 1.91. The van der Waals surface area contributed by atoms with Crippen molar-refractivity contribution in [2.75, 3.05) is 13.7 Å². The van der Waals surface area contributed by atoms with E-state index in [0.29, 0.717) is 0 Å². The van der Waals surface area contributed by atoms with Gasteiger partial charge in [0.15, 0.2) is 0 Å². The van der Waals surface area contributed by atoms with Crippen LogP contribution in [0, 0.1) is 5.82 Å². The van der Waals surface area contributed by atoms with Gasteiger partial charge in [0.1, 0.15) is 0 Å². The molecular weight excluding hydrogens is 207 g/mol. The van der Waals surface area contributed by atoms with E-state index < -0.39 is 29.0 Å². The van der Waals surface area contributed by atoms with Crippen molar-refractivity contribution < 1.29 is 14.2 Å². The summed E-state index contributed by atoms with van der Waals surface area (Å²) in [7, 11) is 1.40. The standard InChI is InChI=1S/C8H11FN2O4/c1-4(3-15-2)11-7(13)5(9)6(12)10-8(11)14/h4,13H,3H2,1-2H3,(H,10,12,14). The molecule has 1 atom stereocenters. The molecule has 0 aliphatic heterocycles. The monoisotopic (exact) mass is 218 g/mol. The van der Waals surface area contributed by atoms with Crippen molar-refractivity contribution in [3.8, 4) is 5.88 Å². The van der Waals surface area contributed by atoms with Gasteiger partial charge in [-0.1, -0.05) is 0 Å². The Hall–Kier alpha value is -1.63. The highest BCUT2D eigenvalue weighted by Gasteiger charge is 2.17. The van der Waals surface area contributed by atoms with E-state index in [9.17, 15) is 19.1 Å². The van der Waals surface area contributed by atoms with Gasteiger partial charge in [-0.15, -0.1) is 0 Å². The Morgan fingerprint density at radius 2 is 2.20 bits per heavy atom. The summed E-state index contributed by atoms with van der Waals surface area (Å²) in [5.41, 5.74) is -2.11. The lowest BCUT2D eigenvalue weighted by molar-refractivity contribution is 0.153. The van der Waals surface area contributed by atoms with E-state index in [1.165, 1.54) is 7.11 Å². The van der Waals surface area contributed by atoms with Gasteiger partial charge in [-0.2, -0.15) is 4.39 Å². The summed E-state index contributed by atoms with van der Waals surface area (Å²) in [5, 5.41) is 9.27. The largest absolute Gasteiger partial charge is 0.492 e. The molecule has 1 rings (SSSR count). The van der Waals surface area contributed by atoms with Crippen LogP contribution in [0.5, 0.6) is 5.88 Å². The smallest absolute Gasteiger partial charge is 0.331 e. The number of nitrogens with zero attached hydrogens (tertiary/aromatic N) is 1. The van der Waals surface area contributed by atoms with Gasteiger partial charge in [0, 0.05) is 7.11 Å². The molecule has 1 aromatic heterocycles. The predicted octanol–water partition coefficient (Wildman–Crippen LogP) is -0.411. The SMILES string of the molecule is COCC(C)n1c(O)c(F)c(=O)[nH]c1=O. The zero-order valence-corrected chi connectivity index (χ0v) is 8.28. The van der Waals surface area contributed by atoms with Crippen molar-refractivity contribution in [3.63, 3.8) is 0 Å². The van der Waals surface area contributed by atoms with Gasteiger partial charge in [0.2, 0.25) is 11.7 Å². The summed E-state index contributed by atoms with van der Waals surface area (Å²) < 4.78 is 18.5. The van der Waals surface area contributed by atoms with Crippen molar-refractivity contribution in [3.05, 3.63) is 26.7 Å². The molecule has 1 unspecified atom stereocenters. The van der Waals surface area contributed by atoms with E-state index in [1.807, 2.05) is 0 Å². The van der Waals surface area contributed by atoms with Crippen LogP contribution in [-0.4, -0.2) is 28.4 Å². The third-order valence-corrected chi connectivity index (χ3v) is 1.91. The van der Waals surface area contributed by atoms with Crippen LogP contribution in [0.15, 0.2) is 9.59 Å². The topological polar surface area (TPSA) is 84.3 Å². The van der Waals surface area contributed by atoms with Gasteiger partial charge in [-0.25, -0.2) is 4.79 Å². The maximum absolute atomic E-state index is 13.0. The van der Waals surface area contributed by atoms with E-state index in [1.54, 1.807) is 11.9 Å². The number of hydrogen-bond donors (Lipinski definition) is 2. The van der Waals surface area contributed by atoms with Gasteiger partial charge < -0.3 is 9.84 Å². The van der Waals surface area contributed by atoms with Gasteiger partial charge in [0.25, 0.3) is 5.56 Å². The normalized spacial score (nSPS) is 12.7. The molecule has 0 amide bonds. The highest BCUT2D eigenvalue weighted by atomic mass is 19.1. The number of ether oxygens (including phenoxy) is 1. The first kappa shape index (κ1) is 11.4. The highest BCUT2D eigenvalue weighted by Crippen LogP contribution is 2.13. The van der Waals surface area contributed by atoms with Crippen LogP contribution >= 0.6 is 0 Å². The third kappa shape index (κ3) is 2.07. The number of nitrogens with one attached hydrogen (secondary N) is 1. The Bertz CT molecular complexity index is 465. The Morgan fingerprint density at radius 3 is 2.73 bits per heavy atom. The Balaban J connectivity index is 3.36. The van der Waals surface area contributed by atoms with Gasteiger partial charge in [-0.3, -0.25) is 14.3 Å². The van der Waals surface area contributed by atoms with E-state index >= 15 is 0 Å². The molecule has 0 spiro atoms. The second kappa shape index (κ2) is 4.26. The second-order valence-corrected chi connectivity index (χ2v) is 3.07. The summed E-state index contributed by atoms with van der Waals surface area (Å²) in [6.45, 7) is 1.65. The Kier molecular flexibility index (Phi) is 3.25. The van der Waals surface area contributed by atoms with Crippen LogP contribution in [-0.2, 0) is 4.74 Å². The summed E-state index contributed by atoms with van der Waals surface area (Å²) >= 11 is 0. The highest BCUT2D eigenvalue weighted by molar-refractivity contribution is 5.10. The maximum Gasteiger partial charge on any atom is 0.331 e. The quantitative estimate of drug-likeness (QED) is 0.722. The molecule has 0 fully saturated rings. The number of aromatic amines is 1. The van der Waals surface area contributed by atoms with Crippen molar-refractivity contribution in [1.82, 2.24) is 9.55 Å². The van der Waals surface area contributed by atoms with Crippen molar-refractivity contribution >= 4 is 0 Å². The number of methoxy groups -OCH3 is 1. The first-order chi connectivity index (χ1) is 6.99. The minimum atomic E-state index is -1.38. The van der Waals surface area contributed by atoms with Crippen LogP contribution in [0.2, 0.25) is 0 Å². The van der Waals surface area contributed by atoms with Crippen molar-refractivity contribution in [2.45, 2.75) is 13.0 Å². The predicted molar refractivity (Wildman–Crippen MR) is 49.5 cm³/mol. The molecule has 6 nitrogen and oxygen atoms in total. The van der Waals surface area contributed by atoms with Gasteiger partial charge in [0.05, 0.1) is 12.6 Å².